The Morgan fingerprint density at radius 2 is 1.88 bits per heavy atom. The first-order chi connectivity index (χ1) is 12.0. The molecule has 0 unspecified atom stereocenters. The fourth-order valence-corrected chi connectivity index (χ4v) is 2.12. The third kappa shape index (κ3) is 5.34. The van der Waals surface area contributed by atoms with Gasteiger partial charge in [-0.15, -0.1) is 0 Å². The van der Waals surface area contributed by atoms with Gasteiger partial charge in [0, 0.05) is 25.0 Å². The van der Waals surface area contributed by atoms with Gasteiger partial charge in [-0.3, -0.25) is 4.79 Å². The van der Waals surface area contributed by atoms with Crippen molar-refractivity contribution in [3.8, 4) is 11.5 Å². The predicted octanol–water partition coefficient (Wildman–Crippen LogP) is 3.01. The molecule has 2 rings (SSSR count). The topological polar surface area (TPSA) is 85.4 Å². The molecule has 0 aliphatic carbocycles. The van der Waals surface area contributed by atoms with Crippen molar-refractivity contribution in [2.75, 3.05) is 26.1 Å². The molecule has 7 heteroatoms. The van der Waals surface area contributed by atoms with Gasteiger partial charge in [0.2, 0.25) is 5.95 Å². The van der Waals surface area contributed by atoms with E-state index in [-0.39, 0.29) is 5.91 Å². The molecule has 0 saturated heterocycles. The van der Waals surface area contributed by atoms with Crippen LogP contribution in [0.4, 0.5) is 11.6 Å². The van der Waals surface area contributed by atoms with Gasteiger partial charge in [-0.05, 0) is 24.5 Å². The highest BCUT2D eigenvalue weighted by molar-refractivity contribution is 5.93. The zero-order valence-electron chi connectivity index (χ0n) is 15.0. The predicted molar refractivity (Wildman–Crippen MR) is 96.6 cm³/mol. The van der Waals surface area contributed by atoms with Crippen LogP contribution in [-0.2, 0) is 0 Å². The van der Waals surface area contributed by atoms with Crippen molar-refractivity contribution in [3.63, 3.8) is 0 Å². The standard InChI is InChI=1S/C18H24N4O3/c1-12(2)7-8-19-17(23)13-10-20-18(21-11-13)22-15-9-14(24-3)5-6-16(15)25-4/h5-6,9-12H,7-8H2,1-4H3,(H,19,23)(H,20,21,22). The minimum absolute atomic E-state index is 0.175. The summed E-state index contributed by atoms with van der Waals surface area (Å²) >= 11 is 0. The summed E-state index contributed by atoms with van der Waals surface area (Å²) in [5.74, 6) is 2.06. The van der Waals surface area contributed by atoms with Crippen molar-refractivity contribution in [1.29, 1.82) is 0 Å². The van der Waals surface area contributed by atoms with Crippen molar-refractivity contribution in [2.45, 2.75) is 20.3 Å². The Bertz CT molecular complexity index is 702. The van der Waals surface area contributed by atoms with E-state index in [4.69, 9.17) is 9.47 Å². The number of carbonyl (C=O) groups is 1. The average molecular weight is 344 g/mol. The molecule has 1 heterocycles. The summed E-state index contributed by atoms with van der Waals surface area (Å²) in [7, 11) is 3.17. The molecule has 0 aliphatic rings. The summed E-state index contributed by atoms with van der Waals surface area (Å²) in [6.45, 7) is 4.86. The molecule has 1 aromatic carbocycles. The molecule has 134 valence electrons. The molecule has 0 fully saturated rings. The Hall–Kier alpha value is -2.83. The molecule has 0 spiro atoms. The van der Waals surface area contributed by atoms with Crippen LogP contribution < -0.4 is 20.1 Å². The van der Waals surface area contributed by atoms with Crippen LogP contribution in [0, 0.1) is 5.92 Å². The first-order valence-electron chi connectivity index (χ1n) is 8.12. The largest absolute Gasteiger partial charge is 0.497 e. The summed E-state index contributed by atoms with van der Waals surface area (Å²) in [4.78, 5) is 20.4. The van der Waals surface area contributed by atoms with Gasteiger partial charge in [0.1, 0.15) is 11.5 Å². The summed E-state index contributed by atoms with van der Waals surface area (Å²) < 4.78 is 10.5. The third-order valence-corrected chi connectivity index (χ3v) is 3.57. The fourth-order valence-electron chi connectivity index (χ4n) is 2.12. The van der Waals surface area contributed by atoms with Crippen LogP contribution in [0.5, 0.6) is 11.5 Å². The minimum atomic E-state index is -0.175. The molecule has 2 aromatic rings. The molecule has 0 saturated carbocycles. The number of nitrogens with zero attached hydrogens (tertiary/aromatic N) is 2. The highest BCUT2D eigenvalue weighted by atomic mass is 16.5. The lowest BCUT2D eigenvalue weighted by Gasteiger charge is -2.12. The van der Waals surface area contributed by atoms with E-state index in [0.29, 0.717) is 41.2 Å². The van der Waals surface area contributed by atoms with Crippen LogP contribution in [0.25, 0.3) is 0 Å². The highest BCUT2D eigenvalue weighted by Gasteiger charge is 2.09. The van der Waals surface area contributed by atoms with Gasteiger partial charge >= 0.3 is 0 Å². The third-order valence-electron chi connectivity index (χ3n) is 3.57. The zero-order chi connectivity index (χ0) is 18.2. The quantitative estimate of drug-likeness (QED) is 0.766. The molecule has 0 bridgehead atoms. The first-order valence-corrected chi connectivity index (χ1v) is 8.12. The van der Waals surface area contributed by atoms with E-state index in [2.05, 4.69) is 34.4 Å². The Morgan fingerprint density at radius 1 is 1.16 bits per heavy atom. The number of hydrogen-bond donors (Lipinski definition) is 2. The Morgan fingerprint density at radius 3 is 2.48 bits per heavy atom. The Kier molecular flexibility index (Phi) is 6.56. The second-order valence-electron chi connectivity index (χ2n) is 5.92. The average Bonchev–Trinajstić information content (AvgIpc) is 2.61. The first kappa shape index (κ1) is 18.5. The van der Waals surface area contributed by atoms with Crippen LogP contribution in [0.1, 0.15) is 30.6 Å². The molecule has 7 nitrogen and oxygen atoms in total. The number of benzene rings is 1. The van der Waals surface area contributed by atoms with Crippen LogP contribution >= 0.6 is 0 Å². The van der Waals surface area contributed by atoms with Gasteiger partial charge in [0.25, 0.3) is 5.91 Å². The molecular formula is C18H24N4O3. The maximum atomic E-state index is 12.0. The fraction of sp³-hybridized carbons (Fsp3) is 0.389. The van der Waals surface area contributed by atoms with Crippen molar-refractivity contribution in [1.82, 2.24) is 15.3 Å². The number of nitrogens with one attached hydrogen (secondary N) is 2. The normalized spacial score (nSPS) is 10.4. The van der Waals surface area contributed by atoms with E-state index in [9.17, 15) is 4.79 Å². The van der Waals surface area contributed by atoms with E-state index in [1.807, 2.05) is 0 Å². The number of methoxy groups -OCH3 is 2. The minimum Gasteiger partial charge on any atom is -0.497 e. The molecule has 0 radical (unpaired) electrons. The number of rotatable bonds is 8. The summed E-state index contributed by atoms with van der Waals surface area (Å²) in [5, 5.41) is 5.92. The highest BCUT2D eigenvalue weighted by Crippen LogP contribution is 2.30. The second kappa shape index (κ2) is 8.86. The molecule has 1 aromatic heterocycles. The van der Waals surface area contributed by atoms with E-state index >= 15 is 0 Å². The van der Waals surface area contributed by atoms with E-state index in [1.165, 1.54) is 12.4 Å². The van der Waals surface area contributed by atoms with Crippen molar-refractivity contribution >= 4 is 17.5 Å². The lowest BCUT2D eigenvalue weighted by Crippen LogP contribution is -2.25. The van der Waals surface area contributed by atoms with Gasteiger partial charge in [-0.25, -0.2) is 9.97 Å². The van der Waals surface area contributed by atoms with E-state index in [1.54, 1.807) is 32.4 Å². The number of ether oxygens (including phenoxy) is 2. The molecular weight excluding hydrogens is 320 g/mol. The Balaban J connectivity index is 2.04. The second-order valence-corrected chi connectivity index (χ2v) is 5.92. The summed E-state index contributed by atoms with van der Waals surface area (Å²) in [6, 6.07) is 5.38. The van der Waals surface area contributed by atoms with Crippen molar-refractivity contribution < 1.29 is 14.3 Å². The SMILES string of the molecule is COc1ccc(OC)c(Nc2ncc(C(=O)NCCC(C)C)cn2)c1. The van der Waals surface area contributed by atoms with Gasteiger partial charge in [-0.1, -0.05) is 13.8 Å². The summed E-state index contributed by atoms with van der Waals surface area (Å²) in [5.41, 5.74) is 1.10. The van der Waals surface area contributed by atoms with E-state index in [0.717, 1.165) is 6.42 Å². The number of carbonyl (C=O) groups excluding carboxylic acids is 1. The maximum Gasteiger partial charge on any atom is 0.254 e. The number of amides is 1. The van der Waals surface area contributed by atoms with Gasteiger partial charge in [-0.2, -0.15) is 0 Å². The molecule has 2 N–H and O–H groups in total. The Labute approximate surface area is 147 Å². The number of hydrogen-bond acceptors (Lipinski definition) is 6. The molecule has 0 aliphatic heterocycles. The maximum absolute atomic E-state index is 12.0. The molecule has 1 amide bonds. The molecule has 25 heavy (non-hydrogen) atoms. The van der Waals surface area contributed by atoms with Crippen LogP contribution in [0.3, 0.4) is 0 Å². The molecule has 0 atom stereocenters. The van der Waals surface area contributed by atoms with Crippen LogP contribution in [-0.4, -0.2) is 36.6 Å². The summed E-state index contributed by atoms with van der Waals surface area (Å²) in [6.07, 6.45) is 3.92. The lowest BCUT2D eigenvalue weighted by atomic mass is 10.1. The lowest BCUT2D eigenvalue weighted by molar-refractivity contribution is 0.0951. The van der Waals surface area contributed by atoms with Gasteiger partial charge in [0.05, 0.1) is 25.5 Å². The number of anilines is 2. The van der Waals surface area contributed by atoms with Crippen molar-refractivity contribution in [3.05, 3.63) is 36.2 Å². The van der Waals surface area contributed by atoms with Crippen LogP contribution in [0.15, 0.2) is 30.6 Å². The number of aromatic nitrogens is 2. The van der Waals surface area contributed by atoms with Crippen molar-refractivity contribution in [2.24, 2.45) is 5.92 Å². The monoisotopic (exact) mass is 344 g/mol. The van der Waals surface area contributed by atoms with Gasteiger partial charge in [0.15, 0.2) is 0 Å². The van der Waals surface area contributed by atoms with E-state index < -0.39 is 0 Å². The van der Waals surface area contributed by atoms with Gasteiger partial charge < -0.3 is 20.1 Å². The zero-order valence-corrected chi connectivity index (χ0v) is 15.0. The smallest absolute Gasteiger partial charge is 0.254 e. The van der Waals surface area contributed by atoms with Crippen LogP contribution in [0.2, 0.25) is 0 Å².